The van der Waals surface area contributed by atoms with Crippen LogP contribution in [-0.4, -0.2) is 40.6 Å². The molecule has 1 aliphatic heterocycles. The van der Waals surface area contributed by atoms with E-state index >= 15 is 0 Å². The molecule has 7 heteroatoms. The lowest BCUT2D eigenvalue weighted by molar-refractivity contribution is -0.123. The molecule has 0 bridgehead atoms. The molecule has 2 aromatic carbocycles. The quantitative estimate of drug-likeness (QED) is 0.683. The highest BCUT2D eigenvalue weighted by atomic mass is 16.5. The van der Waals surface area contributed by atoms with Gasteiger partial charge in [-0.15, -0.1) is 5.10 Å². The van der Waals surface area contributed by atoms with Crippen LogP contribution in [0.2, 0.25) is 0 Å². The number of hydrogen-bond donors (Lipinski definition) is 2. The molecule has 1 aliphatic rings. The predicted octanol–water partition coefficient (Wildman–Crippen LogP) is 1.81. The largest absolute Gasteiger partial charge is 0.497 e. The lowest BCUT2D eigenvalue weighted by Crippen LogP contribution is -2.39. The fourth-order valence-electron chi connectivity index (χ4n) is 3.77. The fourth-order valence-corrected chi connectivity index (χ4v) is 3.77. The lowest BCUT2D eigenvalue weighted by atomic mass is 9.96. The standard InChI is InChI=1S/C21H25N5O2/c1-26-20-8-5-15(10-18(20)24-25-26)12-23-21(27)19-11-16(13-22-19)9-14-3-6-17(28-2)7-4-14/h3-8,10,16,19,22H,9,11-13H2,1-2H3,(H,23,27). The smallest absolute Gasteiger partial charge is 0.237 e. The summed E-state index contributed by atoms with van der Waals surface area (Å²) >= 11 is 0. The van der Waals surface area contributed by atoms with Crippen LogP contribution >= 0.6 is 0 Å². The van der Waals surface area contributed by atoms with Gasteiger partial charge in [0, 0.05) is 13.6 Å². The second kappa shape index (κ2) is 7.98. The third-order valence-corrected chi connectivity index (χ3v) is 5.36. The number of aromatic nitrogens is 3. The van der Waals surface area contributed by atoms with E-state index in [0.29, 0.717) is 12.5 Å². The van der Waals surface area contributed by atoms with Crippen molar-refractivity contribution in [3.8, 4) is 5.75 Å². The van der Waals surface area contributed by atoms with Crippen molar-refractivity contribution in [2.45, 2.75) is 25.4 Å². The van der Waals surface area contributed by atoms with Gasteiger partial charge in [0.1, 0.15) is 11.3 Å². The third kappa shape index (κ3) is 3.99. The number of benzene rings is 2. The number of methoxy groups -OCH3 is 1. The number of carbonyl (C=O) groups excluding carboxylic acids is 1. The number of aryl methyl sites for hydroxylation is 1. The van der Waals surface area contributed by atoms with Gasteiger partial charge in [0.2, 0.25) is 5.91 Å². The SMILES string of the molecule is COc1ccc(CC2CNC(C(=O)NCc3ccc4c(c3)nnn4C)C2)cc1. The van der Waals surface area contributed by atoms with Gasteiger partial charge < -0.3 is 15.4 Å². The zero-order chi connectivity index (χ0) is 19.5. The van der Waals surface area contributed by atoms with Crippen LogP contribution < -0.4 is 15.4 Å². The topological polar surface area (TPSA) is 81.1 Å². The van der Waals surface area contributed by atoms with Gasteiger partial charge in [-0.2, -0.15) is 0 Å². The second-order valence-electron chi connectivity index (χ2n) is 7.37. The van der Waals surface area contributed by atoms with E-state index in [9.17, 15) is 4.79 Å². The summed E-state index contributed by atoms with van der Waals surface area (Å²) in [5, 5.41) is 14.5. The average Bonchev–Trinajstić information content (AvgIpc) is 3.33. The van der Waals surface area contributed by atoms with Gasteiger partial charge in [0.05, 0.1) is 18.7 Å². The number of fused-ring (bicyclic) bond motifs is 1. The van der Waals surface area contributed by atoms with Gasteiger partial charge in [0.15, 0.2) is 0 Å². The van der Waals surface area contributed by atoms with Crippen LogP contribution in [0.25, 0.3) is 11.0 Å². The number of nitrogens with zero attached hydrogens (tertiary/aromatic N) is 3. The second-order valence-corrected chi connectivity index (χ2v) is 7.37. The fraction of sp³-hybridized carbons (Fsp3) is 0.381. The molecule has 7 nitrogen and oxygen atoms in total. The first-order valence-corrected chi connectivity index (χ1v) is 9.54. The minimum Gasteiger partial charge on any atom is -0.497 e. The highest BCUT2D eigenvalue weighted by Gasteiger charge is 2.29. The Bertz CT molecular complexity index is 967. The van der Waals surface area contributed by atoms with Crippen molar-refractivity contribution < 1.29 is 9.53 Å². The molecule has 1 aromatic heterocycles. The van der Waals surface area contributed by atoms with E-state index in [0.717, 1.165) is 41.7 Å². The van der Waals surface area contributed by atoms with Crippen LogP contribution in [-0.2, 0) is 24.8 Å². The van der Waals surface area contributed by atoms with E-state index in [1.54, 1.807) is 11.8 Å². The van der Waals surface area contributed by atoms with E-state index in [2.05, 4.69) is 33.1 Å². The summed E-state index contributed by atoms with van der Waals surface area (Å²) in [4.78, 5) is 12.5. The van der Waals surface area contributed by atoms with Crippen molar-refractivity contribution >= 4 is 16.9 Å². The van der Waals surface area contributed by atoms with Crippen molar-refractivity contribution in [3.05, 3.63) is 53.6 Å². The lowest BCUT2D eigenvalue weighted by Gasteiger charge is -2.12. The minimum absolute atomic E-state index is 0.0523. The Balaban J connectivity index is 1.28. The van der Waals surface area contributed by atoms with E-state index < -0.39 is 0 Å². The maximum Gasteiger partial charge on any atom is 0.237 e. The molecule has 2 unspecified atom stereocenters. The zero-order valence-corrected chi connectivity index (χ0v) is 16.2. The van der Waals surface area contributed by atoms with Gasteiger partial charge in [-0.1, -0.05) is 23.4 Å². The Morgan fingerprint density at radius 3 is 2.82 bits per heavy atom. The van der Waals surface area contributed by atoms with Crippen LogP contribution in [0.3, 0.4) is 0 Å². The first-order valence-electron chi connectivity index (χ1n) is 9.54. The van der Waals surface area contributed by atoms with E-state index in [1.165, 1.54) is 5.56 Å². The summed E-state index contributed by atoms with van der Waals surface area (Å²) in [7, 11) is 3.54. The van der Waals surface area contributed by atoms with Crippen molar-refractivity contribution in [1.29, 1.82) is 0 Å². The Kier molecular flexibility index (Phi) is 5.25. The van der Waals surface area contributed by atoms with Gasteiger partial charge in [-0.05, 0) is 60.7 Å². The summed E-state index contributed by atoms with van der Waals surface area (Å²) in [6.07, 6.45) is 1.81. The van der Waals surface area contributed by atoms with Crippen molar-refractivity contribution in [3.63, 3.8) is 0 Å². The monoisotopic (exact) mass is 379 g/mol. The highest BCUT2D eigenvalue weighted by molar-refractivity contribution is 5.82. The Morgan fingerprint density at radius 2 is 2.04 bits per heavy atom. The molecule has 2 heterocycles. The summed E-state index contributed by atoms with van der Waals surface area (Å²) in [5.74, 6) is 1.38. The molecule has 1 amide bonds. The molecule has 0 aliphatic carbocycles. The molecular formula is C21H25N5O2. The summed E-state index contributed by atoms with van der Waals surface area (Å²) in [6.45, 7) is 1.35. The summed E-state index contributed by atoms with van der Waals surface area (Å²) < 4.78 is 6.94. The van der Waals surface area contributed by atoms with Crippen LogP contribution in [0.4, 0.5) is 0 Å². The predicted molar refractivity (Wildman–Crippen MR) is 107 cm³/mol. The number of rotatable bonds is 6. The summed E-state index contributed by atoms with van der Waals surface area (Å²) in [6, 6.07) is 14.0. The van der Waals surface area contributed by atoms with Crippen LogP contribution in [0.15, 0.2) is 42.5 Å². The number of amides is 1. The Morgan fingerprint density at radius 1 is 1.25 bits per heavy atom. The molecular weight excluding hydrogens is 354 g/mol. The normalized spacial score (nSPS) is 19.1. The highest BCUT2D eigenvalue weighted by Crippen LogP contribution is 2.21. The number of hydrogen-bond acceptors (Lipinski definition) is 5. The van der Waals surface area contributed by atoms with E-state index in [1.807, 2.05) is 37.4 Å². The third-order valence-electron chi connectivity index (χ3n) is 5.36. The molecule has 2 N–H and O–H groups in total. The number of nitrogens with one attached hydrogen (secondary N) is 2. The summed E-state index contributed by atoms with van der Waals surface area (Å²) in [5.41, 5.74) is 4.11. The maximum absolute atomic E-state index is 12.5. The molecule has 1 fully saturated rings. The van der Waals surface area contributed by atoms with Gasteiger partial charge in [-0.3, -0.25) is 4.79 Å². The zero-order valence-electron chi connectivity index (χ0n) is 16.2. The molecule has 28 heavy (non-hydrogen) atoms. The van der Waals surface area contributed by atoms with Crippen LogP contribution in [0.5, 0.6) is 5.75 Å². The van der Waals surface area contributed by atoms with E-state index in [4.69, 9.17) is 4.74 Å². The Hall–Kier alpha value is -2.93. The van der Waals surface area contributed by atoms with Crippen molar-refractivity contribution in [2.24, 2.45) is 13.0 Å². The molecule has 3 aromatic rings. The van der Waals surface area contributed by atoms with Gasteiger partial charge in [-0.25, -0.2) is 4.68 Å². The van der Waals surface area contributed by atoms with Crippen molar-refractivity contribution in [2.75, 3.05) is 13.7 Å². The average molecular weight is 379 g/mol. The molecule has 2 atom stereocenters. The van der Waals surface area contributed by atoms with Crippen LogP contribution in [0, 0.1) is 5.92 Å². The molecule has 146 valence electrons. The number of carbonyl (C=O) groups is 1. The van der Waals surface area contributed by atoms with E-state index in [-0.39, 0.29) is 11.9 Å². The number of ether oxygens (including phenoxy) is 1. The minimum atomic E-state index is -0.136. The molecule has 4 rings (SSSR count). The molecule has 0 radical (unpaired) electrons. The van der Waals surface area contributed by atoms with Gasteiger partial charge in [0.25, 0.3) is 0 Å². The maximum atomic E-state index is 12.5. The first-order chi connectivity index (χ1) is 13.6. The van der Waals surface area contributed by atoms with Crippen molar-refractivity contribution in [1.82, 2.24) is 25.6 Å². The van der Waals surface area contributed by atoms with Crippen LogP contribution in [0.1, 0.15) is 17.5 Å². The molecule has 1 saturated heterocycles. The van der Waals surface area contributed by atoms with Gasteiger partial charge >= 0.3 is 0 Å². The molecule has 0 saturated carbocycles. The Labute approximate surface area is 164 Å². The molecule has 0 spiro atoms. The first kappa shape index (κ1) is 18.4.